The lowest BCUT2D eigenvalue weighted by atomic mass is 9.89. The summed E-state index contributed by atoms with van der Waals surface area (Å²) in [5.41, 5.74) is 2.64. The van der Waals surface area contributed by atoms with Crippen molar-refractivity contribution in [1.29, 1.82) is 0 Å². The molecule has 4 rings (SSSR count). The van der Waals surface area contributed by atoms with Gasteiger partial charge in [0.25, 0.3) is 0 Å². The Labute approximate surface area is 141 Å². The number of fused-ring (bicyclic) bond motifs is 1. The van der Waals surface area contributed by atoms with Gasteiger partial charge >= 0.3 is 0 Å². The number of halogens is 2. The second-order valence-electron chi connectivity index (χ2n) is 5.73. The summed E-state index contributed by atoms with van der Waals surface area (Å²) in [5.74, 6) is -1.13. The molecule has 3 aromatic rings. The fourth-order valence-corrected chi connectivity index (χ4v) is 4.26. The van der Waals surface area contributed by atoms with E-state index in [1.165, 1.54) is 29.5 Å². The summed E-state index contributed by atoms with van der Waals surface area (Å²) in [4.78, 5) is 13.1. The van der Waals surface area contributed by atoms with E-state index in [1.54, 1.807) is 30.3 Å². The Hall–Kier alpha value is -2.53. The zero-order chi connectivity index (χ0) is 16.7. The standard InChI is InChI=1S/C19H13F2NOS/c20-12-5-3-4-11(8-12)15-10-24-19-14(9-17(23)22-18(15)19)13-6-1-2-7-16(13)21/h1-8,10,14H,9H2,(H,22,23)/t14-/m0/s1. The van der Waals surface area contributed by atoms with Gasteiger partial charge in [-0.1, -0.05) is 30.3 Å². The van der Waals surface area contributed by atoms with Crippen molar-refractivity contribution in [2.24, 2.45) is 0 Å². The van der Waals surface area contributed by atoms with Crippen LogP contribution in [0.5, 0.6) is 0 Å². The first-order chi connectivity index (χ1) is 11.6. The molecule has 120 valence electrons. The number of nitrogens with one attached hydrogen (secondary N) is 1. The molecular weight excluding hydrogens is 328 g/mol. The molecule has 5 heteroatoms. The van der Waals surface area contributed by atoms with E-state index in [4.69, 9.17) is 0 Å². The quantitative estimate of drug-likeness (QED) is 0.685. The molecule has 1 N–H and O–H groups in total. The van der Waals surface area contributed by atoms with Crippen LogP contribution in [0.4, 0.5) is 14.5 Å². The number of carbonyl (C=O) groups is 1. The van der Waals surface area contributed by atoms with Gasteiger partial charge < -0.3 is 5.32 Å². The van der Waals surface area contributed by atoms with Crippen LogP contribution in [0, 0.1) is 11.6 Å². The molecule has 0 saturated heterocycles. The number of amides is 1. The van der Waals surface area contributed by atoms with Gasteiger partial charge in [-0.25, -0.2) is 8.78 Å². The minimum Gasteiger partial charge on any atom is -0.325 e. The fourth-order valence-electron chi connectivity index (χ4n) is 3.10. The summed E-state index contributed by atoms with van der Waals surface area (Å²) < 4.78 is 27.7. The second kappa shape index (κ2) is 5.83. The Morgan fingerprint density at radius 1 is 1.08 bits per heavy atom. The zero-order valence-electron chi connectivity index (χ0n) is 12.6. The normalized spacial score (nSPS) is 16.6. The molecule has 0 bridgehead atoms. The molecule has 24 heavy (non-hydrogen) atoms. The molecule has 2 nitrogen and oxygen atoms in total. The minimum atomic E-state index is -0.333. The lowest BCUT2D eigenvalue weighted by molar-refractivity contribution is -0.116. The molecule has 1 atom stereocenters. The van der Waals surface area contributed by atoms with E-state index in [0.717, 1.165) is 10.4 Å². The molecule has 1 aliphatic rings. The van der Waals surface area contributed by atoms with Gasteiger partial charge in [-0.2, -0.15) is 0 Å². The van der Waals surface area contributed by atoms with Crippen molar-refractivity contribution < 1.29 is 13.6 Å². The maximum atomic E-state index is 14.2. The molecular formula is C19H13F2NOS. The molecule has 0 unspecified atom stereocenters. The Morgan fingerprint density at radius 2 is 1.92 bits per heavy atom. The summed E-state index contributed by atoms with van der Waals surface area (Å²) in [7, 11) is 0. The molecule has 2 heterocycles. The Morgan fingerprint density at radius 3 is 2.71 bits per heavy atom. The maximum Gasteiger partial charge on any atom is 0.225 e. The highest BCUT2D eigenvalue weighted by Crippen LogP contribution is 2.46. The third kappa shape index (κ3) is 2.51. The van der Waals surface area contributed by atoms with Crippen LogP contribution in [0.3, 0.4) is 0 Å². The number of rotatable bonds is 2. The summed E-state index contributed by atoms with van der Waals surface area (Å²) in [6.45, 7) is 0. The molecule has 0 fully saturated rings. The maximum absolute atomic E-state index is 14.2. The van der Waals surface area contributed by atoms with Crippen molar-refractivity contribution in [2.75, 3.05) is 5.32 Å². The number of thiophene rings is 1. The first-order valence-corrected chi connectivity index (χ1v) is 8.43. The van der Waals surface area contributed by atoms with Crippen LogP contribution in [0.2, 0.25) is 0 Å². The molecule has 0 aliphatic carbocycles. The summed E-state index contributed by atoms with van der Waals surface area (Å²) >= 11 is 1.46. The first-order valence-electron chi connectivity index (χ1n) is 7.55. The van der Waals surface area contributed by atoms with Crippen molar-refractivity contribution in [2.45, 2.75) is 12.3 Å². The Balaban J connectivity index is 1.85. The molecule has 1 aliphatic heterocycles. The molecule has 0 spiro atoms. The van der Waals surface area contributed by atoms with Crippen molar-refractivity contribution in [3.63, 3.8) is 0 Å². The molecule has 0 radical (unpaired) electrons. The first kappa shape index (κ1) is 15.0. The van der Waals surface area contributed by atoms with Gasteiger partial charge in [0.2, 0.25) is 5.91 Å². The third-order valence-electron chi connectivity index (χ3n) is 4.21. The van der Waals surface area contributed by atoms with E-state index in [9.17, 15) is 13.6 Å². The van der Waals surface area contributed by atoms with Crippen molar-refractivity contribution >= 4 is 22.9 Å². The molecule has 1 amide bonds. The minimum absolute atomic E-state index is 0.160. The van der Waals surface area contributed by atoms with E-state index in [0.29, 0.717) is 16.8 Å². The lowest BCUT2D eigenvalue weighted by Gasteiger charge is -2.24. The van der Waals surface area contributed by atoms with Gasteiger partial charge in [-0.05, 0) is 29.3 Å². The predicted molar refractivity (Wildman–Crippen MR) is 91.2 cm³/mol. The Bertz CT molecular complexity index is 935. The zero-order valence-corrected chi connectivity index (χ0v) is 13.4. The number of benzene rings is 2. The highest BCUT2D eigenvalue weighted by molar-refractivity contribution is 7.11. The molecule has 1 aromatic heterocycles. The number of hydrogen-bond acceptors (Lipinski definition) is 2. The van der Waals surface area contributed by atoms with Crippen molar-refractivity contribution in [1.82, 2.24) is 0 Å². The second-order valence-corrected chi connectivity index (χ2v) is 6.64. The number of hydrogen-bond donors (Lipinski definition) is 1. The van der Waals surface area contributed by atoms with Crippen LogP contribution in [-0.4, -0.2) is 5.91 Å². The van der Waals surface area contributed by atoms with Gasteiger partial charge in [-0.3, -0.25) is 4.79 Å². The van der Waals surface area contributed by atoms with Gasteiger partial charge in [0.15, 0.2) is 0 Å². The summed E-state index contributed by atoms with van der Waals surface area (Å²) in [5, 5.41) is 4.76. The number of anilines is 1. The van der Waals surface area contributed by atoms with Gasteiger partial charge in [0, 0.05) is 28.2 Å². The van der Waals surface area contributed by atoms with Crippen LogP contribution in [0.15, 0.2) is 53.9 Å². The van der Waals surface area contributed by atoms with Gasteiger partial charge in [0.05, 0.1) is 5.69 Å². The topological polar surface area (TPSA) is 29.1 Å². The smallest absolute Gasteiger partial charge is 0.225 e. The van der Waals surface area contributed by atoms with Crippen molar-refractivity contribution in [3.05, 3.63) is 76.0 Å². The Kier molecular flexibility index (Phi) is 3.65. The fraction of sp³-hybridized carbons (Fsp3) is 0.105. The molecule has 0 saturated carbocycles. The predicted octanol–water partition coefficient (Wildman–Crippen LogP) is 5.17. The average Bonchev–Trinajstić information content (AvgIpc) is 2.98. The van der Waals surface area contributed by atoms with E-state index in [1.807, 2.05) is 5.38 Å². The van der Waals surface area contributed by atoms with Crippen LogP contribution in [-0.2, 0) is 4.79 Å². The van der Waals surface area contributed by atoms with Crippen LogP contribution < -0.4 is 5.32 Å². The highest BCUT2D eigenvalue weighted by atomic mass is 32.1. The highest BCUT2D eigenvalue weighted by Gasteiger charge is 2.31. The van der Waals surface area contributed by atoms with Gasteiger partial charge in [-0.15, -0.1) is 11.3 Å². The largest absolute Gasteiger partial charge is 0.325 e. The average molecular weight is 341 g/mol. The van der Waals surface area contributed by atoms with Crippen LogP contribution >= 0.6 is 11.3 Å². The summed E-state index contributed by atoms with van der Waals surface area (Å²) in [6.07, 6.45) is 0.205. The number of carbonyl (C=O) groups excluding carboxylic acids is 1. The van der Waals surface area contributed by atoms with Gasteiger partial charge in [0.1, 0.15) is 11.6 Å². The van der Waals surface area contributed by atoms with Crippen LogP contribution in [0.1, 0.15) is 22.8 Å². The van der Waals surface area contributed by atoms with E-state index in [2.05, 4.69) is 5.32 Å². The SMILES string of the molecule is O=C1C[C@@H](c2ccccc2F)c2scc(-c3cccc(F)c3)c2N1. The summed E-state index contributed by atoms with van der Waals surface area (Å²) in [6, 6.07) is 12.8. The van der Waals surface area contributed by atoms with E-state index in [-0.39, 0.29) is 29.9 Å². The molecule has 2 aromatic carbocycles. The third-order valence-corrected chi connectivity index (χ3v) is 5.30. The lowest BCUT2D eigenvalue weighted by Crippen LogP contribution is -2.23. The van der Waals surface area contributed by atoms with E-state index < -0.39 is 0 Å². The van der Waals surface area contributed by atoms with Crippen molar-refractivity contribution in [3.8, 4) is 11.1 Å². The van der Waals surface area contributed by atoms with Crippen LogP contribution in [0.25, 0.3) is 11.1 Å². The monoisotopic (exact) mass is 341 g/mol. The van der Waals surface area contributed by atoms with E-state index >= 15 is 0 Å².